The maximum absolute atomic E-state index is 11.3. The summed E-state index contributed by atoms with van der Waals surface area (Å²) in [6.07, 6.45) is 1.51. The standard InChI is InChI=1S/C11H13ClN2O4S/c1-2-5-14-11(15)7-18-9-4-3-8(12)6-10(9)19(13,16)17/h2-4,6H,1,5,7H2,(H,14,15)(H2,13,16,17). The SMILES string of the molecule is C=CCNC(=O)COc1ccc(Cl)cc1S(N)(=O)=O. The van der Waals surface area contributed by atoms with Crippen molar-refractivity contribution in [2.45, 2.75) is 4.90 Å². The number of amides is 1. The first-order chi connectivity index (χ1) is 8.84. The van der Waals surface area contributed by atoms with E-state index in [1.807, 2.05) is 0 Å². The molecule has 3 N–H and O–H groups in total. The summed E-state index contributed by atoms with van der Waals surface area (Å²) >= 11 is 5.69. The normalized spacial score (nSPS) is 10.8. The second-order valence-corrected chi connectivity index (χ2v) is 5.48. The van der Waals surface area contributed by atoms with Gasteiger partial charge in [-0.05, 0) is 18.2 Å². The van der Waals surface area contributed by atoms with E-state index in [-0.39, 0.29) is 22.3 Å². The first-order valence-electron chi connectivity index (χ1n) is 5.17. The third-order valence-corrected chi connectivity index (χ3v) is 3.18. The van der Waals surface area contributed by atoms with Crippen molar-refractivity contribution < 1.29 is 17.9 Å². The first-order valence-corrected chi connectivity index (χ1v) is 7.09. The van der Waals surface area contributed by atoms with Gasteiger partial charge in [0.1, 0.15) is 10.6 Å². The van der Waals surface area contributed by atoms with Gasteiger partial charge in [-0.3, -0.25) is 4.79 Å². The van der Waals surface area contributed by atoms with Gasteiger partial charge in [-0.2, -0.15) is 0 Å². The monoisotopic (exact) mass is 304 g/mol. The molecule has 1 amide bonds. The minimum Gasteiger partial charge on any atom is -0.482 e. The molecule has 8 heteroatoms. The molecule has 6 nitrogen and oxygen atoms in total. The number of sulfonamides is 1. The highest BCUT2D eigenvalue weighted by Crippen LogP contribution is 2.26. The highest BCUT2D eigenvalue weighted by atomic mass is 35.5. The summed E-state index contributed by atoms with van der Waals surface area (Å²) in [5.41, 5.74) is 0. The Morgan fingerprint density at radius 1 is 1.53 bits per heavy atom. The van der Waals surface area contributed by atoms with Gasteiger partial charge in [-0.15, -0.1) is 6.58 Å². The Morgan fingerprint density at radius 3 is 2.79 bits per heavy atom. The number of hydrogen-bond donors (Lipinski definition) is 2. The quantitative estimate of drug-likeness (QED) is 0.755. The minimum atomic E-state index is -3.98. The van der Waals surface area contributed by atoms with E-state index < -0.39 is 15.9 Å². The topological polar surface area (TPSA) is 98.5 Å². The molecular formula is C11H13ClN2O4S. The van der Waals surface area contributed by atoms with Crippen molar-refractivity contribution in [2.75, 3.05) is 13.2 Å². The second-order valence-electron chi connectivity index (χ2n) is 3.52. The zero-order chi connectivity index (χ0) is 14.5. The van der Waals surface area contributed by atoms with Crippen molar-refractivity contribution in [2.24, 2.45) is 5.14 Å². The van der Waals surface area contributed by atoms with Crippen LogP contribution in [0.3, 0.4) is 0 Å². The zero-order valence-corrected chi connectivity index (χ0v) is 11.5. The summed E-state index contributed by atoms with van der Waals surface area (Å²) in [7, 11) is -3.98. The van der Waals surface area contributed by atoms with Gasteiger partial charge < -0.3 is 10.1 Å². The summed E-state index contributed by atoms with van der Waals surface area (Å²) in [5, 5.41) is 7.72. The minimum absolute atomic E-state index is 0.0272. The fourth-order valence-corrected chi connectivity index (χ4v) is 2.14. The number of nitrogens with one attached hydrogen (secondary N) is 1. The number of carbonyl (C=O) groups is 1. The second kappa shape index (κ2) is 6.55. The molecule has 0 aliphatic heterocycles. The van der Waals surface area contributed by atoms with Crippen LogP contribution in [0, 0.1) is 0 Å². The highest BCUT2D eigenvalue weighted by Gasteiger charge is 2.16. The highest BCUT2D eigenvalue weighted by molar-refractivity contribution is 7.89. The molecular weight excluding hydrogens is 292 g/mol. The molecule has 104 valence electrons. The maximum Gasteiger partial charge on any atom is 0.258 e. The molecule has 1 aromatic carbocycles. The Kier molecular flexibility index (Phi) is 5.34. The Balaban J connectivity index is 2.84. The number of primary sulfonamides is 1. The summed E-state index contributed by atoms with van der Waals surface area (Å²) in [5.74, 6) is -0.434. The van der Waals surface area contributed by atoms with E-state index in [0.717, 1.165) is 6.07 Å². The number of hydrogen-bond acceptors (Lipinski definition) is 4. The van der Waals surface area contributed by atoms with E-state index in [0.29, 0.717) is 6.54 Å². The number of benzene rings is 1. The third-order valence-electron chi connectivity index (χ3n) is 2.01. The van der Waals surface area contributed by atoms with Gasteiger partial charge in [-0.25, -0.2) is 13.6 Å². The van der Waals surface area contributed by atoms with Gasteiger partial charge in [0.25, 0.3) is 5.91 Å². The van der Waals surface area contributed by atoms with Crippen LogP contribution in [0.1, 0.15) is 0 Å². The van der Waals surface area contributed by atoms with Gasteiger partial charge in [0, 0.05) is 11.6 Å². The Labute approximate surface area is 116 Å². The van der Waals surface area contributed by atoms with Crippen LogP contribution in [0.2, 0.25) is 5.02 Å². The lowest BCUT2D eigenvalue weighted by atomic mass is 10.3. The number of halogens is 1. The molecule has 0 bridgehead atoms. The van der Waals surface area contributed by atoms with E-state index >= 15 is 0 Å². The van der Waals surface area contributed by atoms with Crippen LogP contribution in [-0.4, -0.2) is 27.5 Å². The van der Waals surface area contributed by atoms with E-state index in [1.54, 1.807) is 0 Å². The van der Waals surface area contributed by atoms with Crippen molar-refractivity contribution in [3.05, 3.63) is 35.9 Å². The average Bonchev–Trinajstić information content (AvgIpc) is 2.33. The third kappa shape index (κ3) is 4.90. The van der Waals surface area contributed by atoms with Crippen molar-refractivity contribution in [3.63, 3.8) is 0 Å². The molecule has 0 aromatic heterocycles. The number of ether oxygens (including phenoxy) is 1. The van der Waals surface area contributed by atoms with Crippen LogP contribution in [-0.2, 0) is 14.8 Å². The van der Waals surface area contributed by atoms with Gasteiger partial charge >= 0.3 is 0 Å². The molecule has 1 aromatic rings. The van der Waals surface area contributed by atoms with Gasteiger partial charge in [0.05, 0.1) is 0 Å². The molecule has 0 fully saturated rings. The van der Waals surface area contributed by atoms with E-state index in [2.05, 4.69) is 11.9 Å². The smallest absolute Gasteiger partial charge is 0.258 e. The Hall–Kier alpha value is -1.57. The van der Waals surface area contributed by atoms with Crippen molar-refractivity contribution >= 4 is 27.5 Å². The van der Waals surface area contributed by atoms with Crippen LogP contribution in [0.5, 0.6) is 5.75 Å². The molecule has 19 heavy (non-hydrogen) atoms. The molecule has 0 spiro atoms. The Morgan fingerprint density at radius 2 is 2.21 bits per heavy atom. The lowest BCUT2D eigenvalue weighted by Crippen LogP contribution is -2.29. The van der Waals surface area contributed by atoms with Crippen molar-refractivity contribution in [1.29, 1.82) is 0 Å². The largest absolute Gasteiger partial charge is 0.482 e. The van der Waals surface area contributed by atoms with Gasteiger partial charge in [0.2, 0.25) is 10.0 Å². The summed E-state index contributed by atoms with van der Waals surface area (Å²) in [4.78, 5) is 11.0. The van der Waals surface area contributed by atoms with E-state index in [9.17, 15) is 13.2 Å². The molecule has 0 unspecified atom stereocenters. The van der Waals surface area contributed by atoms with Crippen LogP contribution >= 0.6 is 11.6 Å². The zero-order valence-electron chi connectivity index (χ0n) is 9.93. The van der Waals surface area contributed by atoms with Crippen LogP contribution in [0.4, 0.5) is 0 Å². The Bertz CT molecular complexity index is 586. The number of nitrogens with two attached hydrogens (primary N) is 1. The van der Waals surface area contributed by atoms with Crippen molar-refractivity contribution in [1.82, 2.24) is 5.32 Å². The maximum atomic E-state index is 11.3. The van der Waals surface area contributed by atoms with Crippen LogP contribution < -0.4 is 15.2 Å². The predicted molar refractivity (Wildman–Crippen MR) is 71.5 cm³/mol. The number of rotatable bonds is 6. The average molecular weight is 305 g/mol. The lowest BCUT2D eigenvalue weighted by molar-refractivity contribution is -0.122. The predicted octanol–water partition coefficient (Wildman–Crippen LogP) is 0.668. The van der Waals surface area contributed by atoms with Crippen LogP contribution in [0.25, 0.3) is 0 Å². The molecule has 0 heterocycles. The molecule has 0 saturated heterocycles. The van der Waals surface area contributed by atoms with Gasteiger partial charge in [-0.1, -0.05) is 17.7 Å². The molecule has 0 radical (unpaired) electrons. The molecule has 0 saturated carbocycles. The fourth-order valence-electron chi connectivity index (χ4n) is 1.20. The molecule has 0 atom stereocenters. The summed E-state index contributed by atoms with van der Waals surface area (Å²) < 4.78 is 27.8. The van der Waals surface area contributed by atoms with Crippen LogP contribution in [0.15, 0.2) is 35.7 Å². The van der Waals surface area contributed by atoms with Gasteiger partial charge in [0.15, 0.2) is 6.61 Å². The molecule has 1 rings (SSSR count). The van der Waals surface area contributed by atoms with E-state index in [1.165, 1.54) is 18.2 Å². The van der Waals surface area contributed by atoms with E-state index in [4.69, 9.17) is 21.5 Å². The fraction of sp³-hybridized carbons (Fsp3) is 0.182. The molecule has 0 aliphatic rings. The number of carbonyl (C=O) groups excluding carboxylic acids is 1. The van der Waals surface area contributed by atoms with Crippen molar-refractivity contribution in [3.8, 4) is 5.75 Å². The lowest BCUT2D eigenvalue weighted by Gasteiger charge is -2.10. The summed E-state index contributed by atoms with van der Waals surface area (Å²) in [6, 6.07) is 3.93. The summed E-state index contributed by atoms with van der Waals surface area (Å²) in [6.45, 7) is 3.40. The molecule has 0 aliphatic carbocycles. The first kappa shape index (κ1) is 15.5.